The van der Waals surface area contributed by atoms with Gasteiger partial charge >= 0.3 is 0 Å². The topological polar surface area (TPSA) is 62.1 Å². The lowest BCUT2D eigenvalue weighted by Gasteiger charge is -2.10. The standard InChI is InChI=1S/C23H16BrFN2O2/c24-19-7-4-9-21(13-19)27-23(28)18(14-26)12-17-6-1-2-10-22(17)29-15-16-5-3-8-20(25)11-16/h1-13H,15H2,(H,27,28)/b18-12-. The van der Waals surface area contributed by atoms with Crippen LogP contribution < -0.4 is 10.1 Å². The van der Waals surface area contributed by atoms with Gasteiger partial charge in [0.15, 0.2) is 0 Å². The maximum Gasteiger partial charge on any atom is 0.266 e. The molecule has 0 radical (unpaired) electrons. The first-order valence-corrected chi connectivity index (χ1v) is 9.49. The van der Waals surface area contributed by atoms with Crippen LogP contribution in [-0.4, -0.2) is 5.91 Å². The first-order valence-electron chi connectivity index (χ1n) is 8.70. The minimum Gasteiger partial charge on any atom is -0.488 e. The number of ether oxygens (including phenoxy) is 1. The van der Waals surface area contributed by atoms with Crippen molar-refractivity contribution in [3.63, 3.8) is 0 Å². The second kappa shape index (κ2) is 9.67. The van der Waals surface area contributed by atoms with E-state index in [9.17, 15) is 14.4 Å². The number of carbonyl (C=O) groups is 1. The summed E-state index contributed by atoms with van der Waals surface area (Å²) in [6, 6.07) is 22.2. The maximum atomic E-state index is 13.3. The highest BCUT2D eigenvalue weighted by atomic mass is 79.9. The summed E-state index contributed by atoms with van der Waals surface area (Å²) in [5.74, 6) is -0.374. The molecule has 0 aliphatic carbocycles. The molecule has 3 aromatic rings. The van der Waals surface area contributed by atoms with Gasteiger partial charge in [0.05, 0.1) is 0 Å². The van der Waals surface area contributed by atoms with E-state index in [1.165, 1.54) is 18.2 Å². The van der Waals surface area contributed by atoms with Crippen molar-refractivity contribution in [2.45, 2.75) is 6.61 Å². The van der Waals surface area contributed by atoms with E-state index in [1.54, 1.807) is 54.6 Å². The summed E-state index contributed by atoms with van der Waals surface area (Å²) in [6.07, 6.45) is 1.47. The van der Waals surface area contributed by atoms with E-state index in [-0.39, 0.29) is 18.0 Å². The third-order valence-corrected chi connectivity index (χ3v) is 4.44. The number of nitrogens with one attached hydrogen (secondary N) is 1. The lowest BCUT2D eigenvalue weighted by molar-refractivity contribution is -0.112. The highest BCUT2D eigenvalue weighted by Gasteiger charge is 2.11. The fraction of sp³-hybridized carbons (Fsp3) is 0.0435. The van der Waals surface area contributed by atoms with Crippen molar-refractivity contribution >= 4 is 33.6 Å². The van der Waals surface area contributed by atoms with Gasteiger partial charge in [0.2, 0.25) is 0 Å². The number of para-hydroxylation sites is 1. The molecular weight excluding hydrogens is 435 g/mol. The van der Waals surface area contributed by atoms with Gasteiger partial charge in [-0.1, -0.05) is 52.3 Å². The van der Waals surface area contributed by atoms with Crippen LogP contribution in [0.1, 0.15) is 11.1 Å². The Balaban J connectivity index is 1.78. The van der Waals surface area contributed by atoms with Gasteiger partial charge in [-0.2, -0.15) is 5.26 Å². The molecule has 0 aliphatic rings. The zero-order valence-corrected chi connectivity index (χ0v) is 16.8. The highest BCUT2D eigenvalue weighted by molar-refractivity contribution is 9.10. The number of hydrogen-bond acceptors (Lipinski definition) is 3. The summed E-state index contributed by atoms with van der Waals surface area (Å²) in [5.41, 5.74) is 1.76. The molecule has 0 spiro atoms. The molecule has 3 rings (SSSR count). The van der Waals surface area contributed by atoms with Gasteiger partial charge in [0, 0.05) is 15.7 Å². The van der Waals surface area contributed by atoms with Gasteiger partial charge < -0.3 is 10.1 Å². The smallest absolute Gasteiger partial charge is 0.266 e. The molecule has 0 saturated carbocycles. The molecule has 0 saturated heterocycles. The summed E-state index contributed by atoms with van der Waals surface area (Å²) >= 11 is 3.34. The molecule has 0 fully saturated rings. The zero-order valence-electron chi connectivity index (χ0n) is 15.2. The van der Waals surface area contributed by atoms with Crippen LogP contribution in [-0.2, 0) is 11.4 Å². The van der Waals surface area contributed by atoms with Crippen LogP contribution in [0.4, 0.5) is 10.1 Å². The molecule has 0 unspecified atom stereocenters. The fourth-order valence-corrected chi connectivity index (χ4v) is 2.99. The van der Waals surface area contributed by atoms with Gasteiger partial charge in [-0.25, -0.2) is 4.39 Å². The second-order valence-corrected chi connectivity index (χ2v) is 7.01. The minimum absolute atomic E-state index is 0.0632. The average Bonchev–Trinajstić information content (AvgIpc) is 2.71. The van der Waals surface area contributed by atoms with E-state index in [0.29, 0.717) is 22.6 Å². The van der Waals surface area contributed by atoms with Crippen LogP contribution in [0.5, 0.6) is 5.75 Å². The molecule has 6 heteroatoms. The predicted molar refractivity (Wildman–Crippen MR) is 114 cm³/mol. The molecule has 0 aliphatic heterocycles. The van der Waals surface area contributed by atoms with Gasteiger partial charge in [-0.3, -0.25) is 4.79 Å². The van der Waals surface area contributed by atoms with Gasteiger partial charge in [-0.15, -0.1) is 0 Å². The van der Waals surface area contributed by atoms with Crippen molar-refractivity contribution in [3.05, 3.63) is 99.8 Å². The Morgan fingerprint density at radius 1 is 1.10 bits per heavy atom. The molecule has 4 nitrogen and oxygen atoms in total. The van der Waals surface area contributed by atoms with Crippen molar-refractivity contribution in [1.82, 2.24) is 0 Å². The summed E-state index contributed by atoms with van der Waals surface area (Å²) in [4.78, 5) is 12.5. The maximum absolute atomic E-state index is 13.3. The molecule has 3 aromatic carbocycles. The Morgan fingerprint density at radius 3 is 2.66 bits per heavy atom. The number of nitrogens with zero attached hydrogens (tertiary/aromatic N) is 1. The molecular formula is C23H16BrFN2O2. The van der Waals surface area contributed by atoms with E-state index >= 15 is 0 Å². The number of anilines is 1. The number of benzene rings is 3. The molecule has 144 valence electrons. The average molecular weight is 451 g/mol. The van der Waals surface area contributed by atoms with Crippen molar-refractivity contribution in [2.75, 3.05) is 5.32 Å². The van der Waals surface area contributed by atoms with Crippen LogP contribution >= 0.6 is 15.9 Å². The van der Waals surface area contributed by atoms with Crippen LogP contribution in [0.25, 0.3) is 6.08 Å². The van der Waals surface area contributed by atoms with E-state index in [4.69, 9.17) is 4.74 Å². The Hall–Kier alpha value is -3.43. The van der Waals surface area contributed by atoms with Crippen molar-refractivity contribution in [1.29, 1.82) is 5.26 Å². The summed E-state index contributed by atoms with van der Waals surface area (Å²) in [6.45, 7) is 0.161. The molecule has 29 heavy (non-hydrogen) atoms. The Labute approximate surface area is 176 Å². The van der Waals surface area contributed by atoms with Crippen LogP contribution in [0, 0.1) is 17.1 Å². The molecule has 1 N–H and O–H groups in total. The first-order chi connectivity index (χ1) is 14.0. The number of hydrogen-bond donors (Lipinski definition) is 1. The minimum atomic E-state index is -0.523. The Bertz CT molecular complexity index is 1110. The molecule has 0 heterocycles. The second-order valence-electron chi connectivity index (χ2n) is 6.09. The van der Waals surface area contributed by atoms with Crippen molar-refractivity contribution in [3.8, 4) is 11.8 Å². The summed E-state index contributed by atoms with van der Waals surface area (Å²) < 4.78 is 19.9. The molecule has 0 atom stereocenters. The third-order valence-electron chi connectivity index (χ3n) is 3.95. The number of nitriles is 1. The van der Waals surface area contributed by atoms with Gasteiger partial charge in [-0.05, 0) is 48.0 Å². The summed E-state index contributed by atoms with van der Waals surface area (Å²) in [5, 5.41) is 12.1. The van der Waals surface area contributed by atoms with Crippen molar-refractivity contribution in [2.24, 2.45) is 0 Å². The normalized spacial score (nSPS) is 10.9. The monoisotopic (exact) mass is 450 g/mol. The van der Waals surface area contributed by atoms with E-state index in [1.807, 2.05) is 12.1 Å². The van der Waals surface area contributed by atoms with Crippen LogP contribution in [0.15, 0.2) is 82.8 Å². The predicted octanol–water partition coefficient (Wildman–Crippen LogP) is 5.71. The van der Waals surface area contributed by atoms with Gasteiger partial charge in [0.1, 0.15) is 29.8 Å². The van der Waals surface area contributed by atoms with E-state index in [2.05, 4.69) is 21.2 Å². The lowest BCUT2D eigenvalue weighted by atomic mass is 10.1. The molecule has 1 amide bonds. The molecule has 0 bridgehead atoms. The first kappa shape index (κ1) is 20.3. The lowest BCUT2D eigenvalue weighted by Crippen LogP contribution is -2.13. The Kier molecular flexibility index (Phi) is 6.77. The van der Waals surface area contributed by atoms with E-state index < -0.39 is 5.91 Å². The van der Waals surface area contributed by atoms with Crippen LogP contribution in [0.3, 0.4) is 0 Å². The number of amides is 1. The number of carbonyl (C=O) groups excluding carboxylic acids is 1. The largest absolute Gasteiger partial charge is 0.488 e. The number of rotatable bonds is 6. The van der Waals surface area contributed by atoms with Crippen LogP contribution in [0.2, 0.25) is 0 Å². The number of halogens is 2. The fourth-order valence-electron chi connectivity index (χ4n) is 2.59. The SMILES string of the molecule is N#C/C(=C/c1ccccc1OCc1cccc(F)c1)C(=O)Nc1cccc(Br)c1. The third kappa shape index (κ3) is 5.77. The highest BCUT2D eigenvalue weighted by Crippen LogP contribution is 2.23. The van der Waals surface area contributed by atoms with Crippen molar-refractivity contribution < 1.29 is 13.9 Å². The van der Waals surface area contributed by atoms with E-state index in [0.717, 1.165) is 4.47 Å². The quantitative estimate of drug-likeness (QED) is 0.386. The van der Waals surface area contributed by atoms with Gasteiger partial charge in [0.25, 0.3) is 5.91 Å². The Morgan fingerprint density at radius 2 is 1.90 bits per heavy atom. The summed E-state index contributed by atoms with van der Waals surface area (Å²) in [7, 11) is 0. The zero-order chi connectivity index (χ0) is 20.6. The molecule has 0 aromatic heterocycles.